The summed E-state index contributed by atoms with van der Waals surface area (Å²) in [6, 6.07) is 7.14. The Morgan fingerprint density at radius 3 is 2.78 bits per heavy atom. The van der Waals surface area contributed by atoms with Crippen LogP contribution in [-0.4, -0.2) is 29.4 Å². The van der Waals surface area contributed by atoms with Crippen LogP contribution < -0.4 is 5.32 Å². The van der Waals surface area contributed by atoms with Crippen LogP contribution in [0.1, 0.15) is 24.8 Å². The molecule has 96 valence electrons. The van der Waals surface area contributed by atoms with Crippen molar-refractivity contribution in [2.45, 2.75) is 37.9 Å². The number of nitrogens with one attached hydrogen (secondary N) is 1. The number of carbonyl (C=O) groups is 1. The Morgan fingerprint density at radius 1 is 1.28 bits per heavy atom. The van der Waals surface area contributed by atoms with Gasteiger partial charge in [-0.2, -0.15) is 0 Å². The number of likely N-dealkylation sites (tertiary alicyclic amines) is 1. The van der Waals surface area contributed by atoms with Crippen molar-refractivity contribution >= 4 is 5.91 Å². The molecule has 1 aromatic carbocycles. The molecule has 0 bridgehead atoms. The summed E-state index contributed by atoms with van der Waals surface area (Å²) in [6.07, 6.45) is 3.19. The van der Waals surface area contributed by atoms with E-state index in [-0.39, 0.29) is 17.8 Å². The highest BCUT2D eigenvalue weighted by Crippen LogP contribution is 2.23. The number of hydrogen-bond donors (Lipinski definition) is 1. The summed E-state index contributed by atoms with van der Waals surface area (Å²) in [5, 5.41) is 3.35. The highest BCUT2D eigenvalue weighted by atomic mass is 19.1. The first kappa shape index (κ1) is 11.7. The maximum Gasteiger partial charge on any atom is 0.240 e. The zero-order valence-corrected chi connectivity index (χ0v) is 10.2. The van der Waals surface area contributed by atoms with Crippen molar-refractivity contribution < 1.29 is 9.18 Å². The van der Waals surface area contributed by atoms with Gasteiger partial charge >= 0.3 is 0 Å². The van der Waals surface area contributed by atoms with Gasteiger partial charge in [0.05, 0.1) is 6.04 Å². The molecule has 18 heavy (non-hydrogen) atoms. The number of rotatable bonds is 4. The molecule has 1 amide bonds. The molecule has 1 aliphatic carbocycles. The molecule has 0 spiro atoms. The van der Waals surface area contributed by atoms with Gasteiger partial charge < -0.3 is 10.2 Å². The second kappa shape index (κ2) is 4.69. The fourth-order valence-corrected chi connectivity index (χ4v) is 2.42. The van der Waals surface area contributed by atoms with Crippen LogP contribution in [0.5, 0.6) is 0 Å². The maximum absolute atomic E-state index is 13.5. The topological polar surface area (TPSA) is 32.3 Å². The molecule has 4 heteroatoms. The predicted molar refractivity (Wildman–Crippen MR) is 66.4 cm³/mol. The average molecular weight is 248 g/mol. The monoisotopic (exact) mass is 248 g/mol. The third-order valence-electron chi connectivity index (χ3n) is 3.63. The minimum Gasteiger partial charge on any atom is -0.337 e. The fraction of sp³-hybridized carbons (Fsp3) is 0.500. The second-order valence-corrected chi connectivity index (χ2v) is 5.13. The number of nitrogens with zero attached hydrogens (tertiary/aromatic N) is 1. The summed E-state index contributed by atoms with van der Waals surface area (Å²) in [7, 11) is 0. The van der Waals surface area contributed by atoms with Crippen LogP contribution >= 0.6 is 0 Å². The molecule has 1 aliphatic heterocycles. The molecule has 2 aliphatic rings. The first-order valence-electron chi connectivity index (χ1n) is 6.52. The smallest absolute Gasteiger partial charge is 0.240 e. The lowest BCUT2D eigenvalue weighted by Crippen LogP contribution is -2.39. The van der Waals surface area contributed by atoms with Gasteiger partial charge in [0.2, 0.25) is 5.91 Å². The van der Waals surface area contributed by atoms with Crippen LogP contribution in [0.15, 0.2) is 24.3 Å². The third kappa shape index (κ3) is 2.38. The number of benzene rings is 1. The second-order valence-electron chi connectivity index (χ2n) is 5.13. The summed E-state index contributed by atoms with van der Waals surface area (Å²) < 4.78 is 13.5. The zero-order valence-electron chi connectivity index (χ0n) is 10.2. The van der Waals surface area contributed by atoms with E-state index in [0.29, 0.717) is 18.2 Å². The number of halogens is 1. The molecule has 2 fully saturated rings. The van der Waals surface area contributed by atoms with Crippen LogP contribution in [0.4, 0.5) is 4.39 Å². The molecular formula is C14H17FN2O. The molecule has 1 aromatic rings. The van der Waals surface area contributed by atoms with E-state index in [2.05, 4.69) is 5.32 Å². The first-order chi connectivity index (χ1) is 8.74. The Kier molecular flexibility index (Phi) is 3.04. The summed E-state index contributed by atoms with van der Waals surface area (Å²) >= 11 is 0. The van der Waals surface area contributed by atoms with E-state index in [1.165, 1.54) is 18.9 Å². The van der Waals surface area contributed by atoms with Gasteiger partial charge in [-0.05, 0) is 25.3 Å². The van der Waals surface area contributed by atoms with E-state index in [0.717, 1.165) is 13.0 Å². The largest absolute Gasteiger partial charge is 0.337 e. The SMILES string of the molecule is O=C1C(NC2CC2)CCN1Cc1ccccc1F. The van der Waals surface area contributed by atoms with Gasteiger partial charge in [0, 0.05) is 24.7 Å². The summed E-state index contributed by atoms with van der Waals surface area (Å²) in [6.45, 7) is 1.10. The van der Waals surface area contributed by atoms with Crippen molar-refractivity contribution in [1.82, 2.24) is 10.2 Å². The lowest BCUT2D eigenvalue weighted by Gasteiger charge is -2.17. The normalized spacial score (nSPS) is 23.7. The molecule has 1 unspecified atom stereocenters. The summed E-state index contributed by atoms with van der Waals surface area (Å²) in [5.74, 6) is -0.117. The van der Waals surface area contributed by atoms with E-state index < -0.39 is 0 Å². The van der Waals surface area contributed by atoms with Crippen molar-refractivity contribution in [2.75, 3.05) is 6.54 Å². The molecule has 1 N–H and O–H groups in total. The Hall–Kier alpha value is -1.42. The first-order valence-corrected chi connectivity index (χ1v) is 6.52. The molecule has 3 nitrogen and oxygen atoms in total. The standard InChI is InChI=1S/C14H17FN2O/c15-12-4-2-1-3-10(12)9-17-8-7-13(14(17)18)16-11-5-6-11/h1-4,11,13,16H,5-9H2. The molecule has 3 rings (SSSR count). The van der Waals surface area contributed by atoms with Crippen molar-refractivity contribution in [1.29, 1.82) is 0 Å². The van der Waals surface area contributed by atoms with E-state index in [4.69, 9.17) is 0 Å². The van der Waals surface area contributed by atoms with Crippen molar-refractivity contribution in [3.63, 3.8) is 0 Å². The summed E-state index contributed by atoms with van der Waals surface area (Å²) in [4.78, 5) is 13.9. The van der Waals surface area contributed by atoms with E-state index in [9.17, 15) is 9.18 Å². The molecule has 1 saturated carbocycles. The number of hydrogen-bond acceptors (Lipinski definition) is 2. The fourth-order valence-electron chi connectivity index (χ4n) is 2.42. The van der Waals surface area contributed by atoms with Gasteiger partial charge in [-0.25, -0.2) is 4.39 Å². The number of amides is 1. The van der Waals surface area contributed by atoms with Crippen LogP contribution in [0.25, 0.3) is 0 Å². The molecule has 1 saturated heterocycles. The lowest BCUT2D eigenvalue weighted by molar-refractivity contribution is -0.130. The van der Waals surface area contributed by atoms with Gasteiger partial charge in [0.1, 0.15) is 5.82 Å². The van der Waals surface area contributed by atoms with Crippen LogP contribution in [0.3, 0.4) is 0 Å². The highest BCUT2D eigenvalue weighted by Gasteiger charge is 2.35. The minimum atomic E-state index is -0.232. The van der Waals surface area contributed by atoms with Crippen molar-refractivity contribution in [3.8, 4) is 0 Å². The molecule has 0 radical (unpaired) electrons. The molecule has 0 aromatic heterocycles. The Balaban J connectivity index is 1.63. The maximum atomic E-state index is 13.5. The Labute approximate surface area is 106 Å². The lowest BCUT2D eigenvalue weighted by atomic mass is 10.2. The van der Waals surface area contributed by atoms with Gasteiger partial charge in [0.25, 0.3) is 0 Å². The summed E-state index contributed by atoms with van der Waals surface area (Å²) in [5.41, 5.74) is 0.595. The molecular weight excluding hydrogens is 231 g/mol. The highest BCUT2D eigenvalue weighted by molar-refractivity contribution is 5.84. The van der Waals surface area contributed by atoms with Gasteiger partial charge in [-0.1, -0.05) is 18.2 Å². The Bertz CT molecular complexity index is 459. The molecule has 1 heterocycles. The average Bonchev–Trinajstić information content (AvgIpc) is 3.12. The van der Waals surface area contributed by atoms with Gasteiger partial charge in [0.15, 0.2) is 0 Å². The zero-order chi connectivity index (χ0) is 12.5. The third-order valence-corrected chi connectivity index (χ3v) is 3.63. The minimum absolute atomic E-state index is 0.0516. The quantitative estimate of drug-likeness (QED) is 0.879. The Morgan fingerprint density at radius 2 is 2.06 bits per heavy atom. The predicted octanol–water partition coefficient (Wildman–Crippen LogP) is 1.68. The van der Waals surface area contributed by atoms with Crippen molar-refractivity contribution in [3.05, 3.63) is 35.6 Å². The molecule has 1 atom stereocenters. The van der Waals surface area contributed by atoms with Crippen LogP contribution in [-0.2, 0) is 11.3 Å². The van der Waals surface area contributed by atoms with Crippen LogP contribution in [0, 0.1) is 5.82 Å². The van der Waals surface area contributed by atoms with E-state index >= 15 is 0 Å². The van der Waals surface area contributed by atoms with Crippen molar-refractivity contribution in [2.24, 2.45) is 0 Å². The van der Waals surface area contributed by atoms with Crippen LogP contribution in [0.2, 0.25) is 0 Å². The van der Waals surface area contributed by atoms with E-state index in [1.54, 1.807) is 23.1 Å². The van der Waals surface area contributed by atoms with Gasteiger partial charge in [-0.3, -0.25) is 4.79 Å². The van der Waals surface area contributed by atoms with E-state index in [1.807, 2.05) is 0 Å². The number of carbonyl (C=O) groups excluding carboxylic acids is 1. The van der Waals surface area contributed by atoms with Gasteiger partial charge in [-0.15, -0.1) is 0 Å².